The van der Waals surface area contributed by atoms with E-state index >= 15 is 0 Å². The summed E-state index contributed by atoms with van der Waals surface area (Å²) in [6.45, 7) is 1.05. The Morgan fingerprint density at radius 3 is 3.29 bits per heavy atom. The Kier molecular flexibility index (Phi) is 2.83. The molecule has 0 radical (unpaired) electrons. The van der Waals surface area contributed by atoms with Gasteiger partial charge in [-0.05, 0) is 16.6 Å². The third kappa shape index (κ3) is 1.67. The maximum atomic E-state index is 9.57. The van der Waals surface area contributed by atoms with Crippen molar-refractivity contribution < 1.29 is 14.5 Å². The Labute approximate surface area is 82.9 Å². The lowest BCUT2D eigenvalue weighted by Gasteiger charge is -2.07. The predicted molar refractivity (Wildman–Crippen MR) is 52.7 cm³/mol. The summed E-state index contributed by atoms with van der Waals surface area (Å²) in [5.74, 6) is 0. The molecule has 0 fully saturated rings. The molecule has 0 saturated heterocycles. The zero-order valence-electron chi connectivity index (χ0n) is 7.99. The quantitative estimate of drug-likeness (QED) is 0.504. The molecule has 1 aromatic rings. The van der Waals surface area contributed by atoms with Gasteiger partial charge in [0.15, 0.2) is 0 Å². The highest BCUT2D eigenvalue weighted by atomic mass is 16.6. The molecule has 0 amide bonds. The number of hydrogen-bond donors (Lipinski definition) is 2. The molecule has 14 heavy (non-hydrogen) atoms. The van der Waals surface area contributed by atoms with Gasteiger partial charge in [0, 0.05) is 6.54 Å². The molecule has 0 bridgehead atoms. The Hall–Kier alpha value is -0.875. The van der Waals surface area contributed by atoms with Gasteiger partial charge >= 0.3 is 7.12 Å². The Balaban J connectivity index is 2.27. The van der Waals surface area contributed by atoms with Crippen LogP contribution < -0.4 is 10.9 Å². The minimum absolute atomic E-state index is 0.483. The van der Waals surface area contributed by atoms with Crippen LogP contribution in [0.25, 0.3) is 0 Å². The summed E-state index contributed by atoms with van der Waals surface area (Å²) in [4.78, 5) is 4.77. The fourth-order valence-electron chi connectivity index (χ4n) is 1.67. The van der Waals surface area contributed by atoms with Crippen molar-refractivity contribution >= 4 is 12.6 Å². The molecule has 1 aliphatic heterocycles. The highest BCUT2D eigenvalue weighted by Gasteiger charge is 2.29. The van der Waals surface area contributed by atoms with Crippen LogP contribution in [0.2, 0.25) is 0 Å². The molecular weight excluding hydrogens is 181 g/mol. The maximum Gasteiger partial charge on any atom is 0.492 e. The van der Waals surface area contributed by atoms with Gasteiger partial charge in [-0.3, -0.25) is 0 Å². The number of rotatable bonds is 3. The van der Waals surface area contributed by atoms with Crippen LogP contribution in [0.5, 0.6) is 0 Å². The molecular formula is C9H12BNO3. The normalized spacial score (nSPS) is 14.6. The zero-order valence-corrected chi connectivity index (χ0v) is 7.99. The highest BCUT2D eigenvalue weighted by Crippen LogP contribution is 2.12. The molecule has 74 valence electrons. The van der Waals surface area contributed by atoms with Crippen LogP contribution in [0.4, 0.5) is 0 Å². The van der Waals surface area contributed by atoms with Gasteiger partial charge in [0.05, 0.1) is 13.7 Å². The Bertz CT molecular complexity index is 332. The van der Waals surface area contributed by atoms with E-state index in [1.807, 2.05) is 18.2 Å². The SMILES string of the molecule is CONCc1cccc2c1B(O)OC2. The lowest BCUT2D eigenvalue weighted by atomic mass is 9.76. The minimum atomic E-state index is -0.792. The van der Waals surface area contributed by atoms with Crippen molar-refractivity contribution in [3.05, 3.63) is 29.3 Å². The summed E-state index contributed by atoms with van der Waals surface area (Å²) in [6, 6.07) is 5.86. The Morgan fingerprint density at radius 2 is 2.50 bits per heavy atom. The topological polar surface area (TPSA) is 50.7 Å². The first-order chi connectivity index (χ1) is 6.83. The summed E-state index contributed by atoms with van der Waals surface area (Å²) in [5, 5.41) is 9.57. The third-order valence-electron chi connectivity index (χ3n) is 2.34. The van der Waals surface area contributed by atoms with Crippen LogP contribution in [0.1, 0.15) is 11.1 Å². The van der Waals surface area contributed by atoms with Crippen molar-refractivity contribution in [2.24, 2.45) is 0 Å². The fraction of sp³-hybridized carbons (Fsp3) is 0.333. The molecule has 0 aromatic heterocycles. The molecule has 0 unspecified atom stereocenters. The molecule has 1 heterocycles. The van der Waals surface area contributed by atoms with Crippen LogP contribution in [0.3, 0.4) is 0 Å². The molecule has 0 aliphatic carbocycles. The van der Waals surface area contributed by atoms with Gasteiger partial charge in [-0.2, -0.15) is 5.48 Å². The zero-order chi connectivity index (χ0) is 9.97. The number of benzene rings is 1. The standard InChI is InChI=1S/C9H12BNO3/c1-13-11-5-7-3-2-4-8-6-14-10(12)9(7)8/h2-4,11-12H,5-6H2,1H3. The summed E-state index contributed by atoms with van der Waals surface area (Å²) < 4.78 is 5.13. The lowest BCUT2D eigenvalue weighted by molar-refractivity contribution is 0.0869. The van der Waals surface area contributed by atoms with Gasteiger partial charge < -0.3 is 14.5 Å². The molecule has 1 aliphatic rings. The molecule has 5 heteroatoms. The van der Waals surface area contributed by atoms with Crippen LogP contribution in [0, 0.1) is 0 Å². The summed E-state index contributed by atoms with van der Waals surface area (Å²) in [5.41, 5.74) is 5.68. The van der Waals surface area contributed by atoms with Gasteiger partial charge in [0.25, 0.3) is 0 Å². The van der Waals surface area contributed by atoms with Gasteiger partial charge in [0.2, 0.25) is 0 Å². The van der Waals surface area contributed by atoms with Crippen LogP contribution in [0.15, 0.2) is 18.2 Å². The van der Waals surface area contributed by atoms with E-state index in [0.717, 1.165) is 16.6 Å². The van der Waals surface area contributed by atoms with Crippen molar-refractivity contribution in [1.82, 2.24) is 5.48 Å². The van der Waals surface area contributed by atoms with Crippen molar-refractivity contribution in [1.29, 1.82) is 0 Å². The third-order valence-corrected chi connectivity index (χ3v) is 2.34. The number of hydrogen-bond acceptors (Lipinski definition) is 4. The Morgan fingerprint density at radius 1 is 1.64 bits per heavy atom. The first kappa shape index (κ1) is 9.67. The maximum absolute atomic E-state index is 9.57. The molecule has 0 saturated carbocycles. The van der Waals surface area contributed by atoms with Gasteiger partial charge in [-0.25, -0.2) is 0 Å². The van der Waals surface area contributed by atoms with E-state index in [4.69, 9.17) is 9.49 Å². The first-order valence-corrected chi connectivity index (χ1v) is 4.49. The van der Waals surface area contributed by atoms with Gasteiger partial charge in [-0.1, -0.05) is 18.2 Å². The summed E-state index contributed by atoms with van der Waals surface area (Å²) in [7, 11) is 0.774. The number of hydroxylamine groups is 1. The van der Waals surface area contributed by atoms with E-state index in [1.165, 1.54) is 0 Å². The van der Waals surface area contributed by atoms with Gasteiger partial charge in [0.1, 0.15) is 0 Å². The molecule has 2 N–H and O–H groups in total. The second-order valence-electron chi connectivity index (χ2n) is 3.18. The highest BCUT2D eigenvalue weighted by molar-refractivity contribution is 6.62. The number of fused-ring (bicyclic) bond motifs is 1. The van der Waals surface area contributed by atoms with E-state index in [9.17, 15) is 5.02 Å². The molecule has 0 spiro atoms. The largest absolute Gasteiger partial charge is 0.492 e. The van der Waals surface area contributed by atoms with Crippen LogP contribution in [-0.4, -0.2) is 19.3 Å². The summed E-state index contributed by atoms with van der Waals surface area (Å²) in [6.07, 6.45) is 0. The van der Waals surface area contributed by atoms with Crippen LogP contribution in [-0.2, 0) is 22.6 Å². The predicted octanol–water partition coefficient (Wildman–Crippen LogP) is -0.445. The average Bonchev–Trinajstić information content (AvgIpc) is 2.58. The monoisotopic (exact) mass is 193 g/mol. The smallest absolute Gasteiger partial charge is 0.423 e. The van der Waals surface area contributed by atoms with Gasteiger partial charge in [-0.15, -0.1) is 0 Å². The van der Waals surface area contributed by atoms with E-state index in [0.29, 0.717) is 13.2 Å². The molecule has 4 nitrogen and oxygen atoms in total. The van der Waals surface area contributed by atoms with E-state index in [1.54, 1.807) is 7.11 Å². The van der Waals surface area contributed by atoms with Crippen molar-refractivity contribution in [2.75, 3.05) is 7.11 Å². The van der Waals surface area contributed by atoms with E-state index < -0.39 is 7.12 Å². The van der Waals surface area contributed by atoms with E-state index in [2.05, 4.69) is 5.48 Å². The minimum Gasteiger partial charge on any atom is -0.423 e. The lowest BCUT2D eigenvalue weighted by Crippen LogP contribution is -2.33. The first-order valence-electron chi connectivity index (χ1n) is 4.49. The summed E-state index contributed by atoms with van der Waals surface area (Å²) >= 11 is 0. The number of nitrogens with one attached hydrogen (secondary N) is 1. The fourth-order valence-corrected chi connectivity index (χ4v) is 1.67. The second-order valence-corrected chi connectivity index (χ2v) is 3.18. The molecule has 1 aromatic carbocycles. The second kappa shape index (κ2) is 4.10. The van der Waals surface area contributed by atoms with Crippen LogP contribution >= 0.6 is 0 Å². The van der Waals surface area contributed by atoms with Crippen molar-refractivity contribution in [3.63, 3.8) is 0 Å². The van der Waals surface area contributed by atoms with Crippen molar-refractivity contribution in [2.45, 2.75) is 13.2 Å². The van der Waals surface area contributed by atoms with E-state index in [-0.39, 0.29) is 0 Å². The van der Waals surface area contributed by atoms with Crippen molar-refractivity contribution in [3.8, 4) is 0 Å². The molecule has 2 rings (SSSR count). The molecule has 0 atom stereocenters. The average molecular weight is 193 g/mol.